The molecule has 0 aromatic rings. The molecule has 0 fully saturated rings. The Bertz CT molecular complexity index is 182. The van der Waals surface area contributed by atoms with Gasteiger partial charge in [-0.05, 0) is 25.6 Å². The first-order valence-electron chi connectivity index (χ1n) is 4.18. The third-order valence-electron chi connectivity index (χ3n) is 1.33. The topological polar surface area (TPSA) is 46.5 Å². The van der Waals surface area contributed by atoms with Crippen LogP contribution in [-0.4, -0.2) is 27.3 Å². The molecule has 1 N–H and O–H groups in total. The highest BCUT2D eigenvalue weighted by Crippen LogP contribution is 2.19. The molecule has 0 aliphatic carbocycles. The minimum atomic E-state index is -0.825. The average molecular weight is 222 g/mol. The van der Waals surface area contributed by atoms with Gasteiger partial charge in [0, 0.05) is 0 Å². The summed E-state index contributed by atoms with van der Waals surface area (Å²) in [5.41, 5.74) is 0. The minimum Gasteiger partial charge on any atom is -0.480 e. The van der Waals surface area contributed by atoms with E-state index in [0.717, 1.165) is 18.2 Å². The molecule has 0 bridgehead atoms. The Hall–Kier alpha value is -0.290. The molecule has 0 saturated carbocycles. The van der Waals surface area contributed by atoms with Crippen molar-refractivity contribution < 1.29 is 14.6 Å². The third-order valence-corrected chi connectivity index (χ3v) is 2.77. The van der Waals surface area contributed by atoms with E-state index in [4.69, 9.17) is 22.1 Å². The zero-order valence-electron chi connectivity index (χ0n) is 7.78. The van der Waals surface area contributed by atoms with Crippen molar-refractivity contribution in [2.24, 2.45) is 0 Å². The molecule has 0 heterocycles. The average Bonchev–Trinajstić information content (AvgIpc) is 2.04. The Morgan fingerprint density at radius 2 is 2.23 bits per heavy atom. The van der Waals surface area contributed by atoms with Crippen LogP contribution in [0.5, 0.6) is 0 Å². The van der Waals surface area contributed by atoms with Crippen molar-refractivity contribution in [1.29, 1.82) is 0 Å². The second kappa shape index (κ2) is 7.15. The van der Waals surface area contributed by atoms with Crippen molar-refractivity contribution in [3.63, 3.8) is 0 Å². The van der Waals surface area contributed by atoms with Crippen molar-refractivity contribution in [2.75, 3.05) is 6.61 Å². The Labute approximate surface area is 87.8 Å². The summed E-state index contributed by atoms with van der Waals surface area (Å²) in [5, 5.41) is 8.32. The lowest BCUT2D eigenvalue weighted by Crippen LogP contribution is -2.18. The number of thiocarbonyl (C=S) groups is 1. The Kier molecular flexibility index (Phi) is 6.99. The van der Waals surface area contributed by atoms with E-state index in [1.54, 1.807) is 0 Å². The number of thioether (sulfide) groups is 1. The van der Waals surface area contributed by atoms with E-state index in [0.29, 0.717) is 17.4 Å². The number of carboxylic acid groups (broad SMARTS) is 1. The van der Waals surface area contributed by atoms with Gasteiger partial charge in [-0.15, -0.1) is 0 Å². The Morgan fingerprint density at radius 1 is 1.62 bits per heavy atom. The van der Waals surface area contributed by atoms with E-state index >= 15 is 0 Å². The van der Waals surface area contributed by atoms with Crippen LogP contribution in [0.15, 0.2) is 0 Å². The van der Waals surface area contributed by atoms with Gasteiger partial charge in [-0.25, -0.2) is 0 Å². The molecule has 0 radical (unpaired) electrons. The molecule has 5 heteroatoms. The van der Waals surface area contributed by atoms with Crippen LogP contribution in [0.1, 0.15) is 26.7 Å². The highest BCUT2D eigenvalue weighted by Gasteiger charge is 2.19. The number of hydrogen-bond acceptors (Lipinski definition) is 4. The van der Waals surface area contributed by atoms with Gasteiger partial charge in [-0.2, -0.15) is 0 Å². The summed E-state index contributed by atoms with van der Waals surface area (Å²) in [6, 6.07) is 0. The summed E-state index contributed by atoms with van der Waals surface area (Å²) in [4.78, 5) is 10.7. The van der Waals surface area contributed by atoms with E-state index in [1.807, 2.05) is 13.8 Å². The van der Waals surface area contributed by atoms with E-state index in [1.165, 1.54) is 0 Å². The molecule has 0 saturated heterocycles. The Balaban J connectivity index is 3.94. The fourth-order valence-electron chi connectivity index (χ4n) is 0.763. The molecule has 0 amide bonds. The van der Waals surface area contributed by atoms with Crippen LogP contribution >= 0.6 is 24.0 Å². The van der Waals surface area contributed by atoms with Crippen LogP contribution in [0, 0.1) is 0 Å². The van der Waals surface area contributed by atoms with Gasteiger partial charge in [0.05, 0.1) is 6.61 Å². The van der Waals surface area contributed by atoms with E-state index in [2.05, 4.69) is 0 Å². The molecule has 0 spiro atoms. The van der Waals surface area contributed by atoms with Gasteiger partial charge < -0.3 is 9.84 Å². The summed E-state index contributed by atoms with van der Waals surface area (Å²) in [6.45, 7) is 4.26. The highest BCUT2D eigenvalue weighted by atomic mass is 32.2. The molecule has 0 aromatic heterocycles. The van der Waals surface area contributed by atoms with Gasteiger partial charge in [0.25, 0.3) is 0 Å². The van der Waals surface area contributed by atoms with Gasteiger partial charge in [0.1, 0.15) is 5.25 Å². The van der Waals surface area contributed by atoms with Crippen LogP contribution in [0.2, 0.25) is 0 Å². The lowest BCUT2D eigenvalue weighted by Gasteiger charge is -2.10. The van der Waals surface area contributed by atoms with E-state index in [9.17, 15) is 4.79 Å². The number of rotatable bonds is 5. The van der Waals surface area contributed by atoms with Gasteiger partial charge in [-0.3, -0.25) is 4.79 Å². The van der Waals surface area contributed by atoms with E-state index < -0.39 is 11.2 Å². The molecular weight excluding hydrogens is 208 g/mol. The zero-order valence-corrected chi connectivity index (χ0v) is 9.41. The maximum atomic E-state index is 10.7. The largest absolute Gasteiger partial charge is 0.480 e. The first-order valence-corrected chi connectivity index (χ1v) is 5.46. The zero-order chi connectivity index (χ0) is 10.3. The molecule has 0 aliphatic heterocycles. The maximum absolute atomic E-state index is 10.7. The summed E-state index contributed by atoms with van der Waals surface area (Å²) in [5.74, 6) is -0.825. The minimum absolute atomic E-state index is 0.323. The van der Waals surface area contributed by atoms with Gasteiger partial charge >= 0.3 is 5.97 Å². The molecule has 3 nitrogen and oxygen atoms in total. The first-order chi connectivity index (χ1) is 6.11. The second-order valence-electron chi connectivity index (χ2n) is 2.42. The molecule has 0 aromatic carbocycles. The maximum Gasteiger partial charge on any atom is 0.317 e. The number of hydrogen-bond donors (Lipinski definition) is 1. The third kappa shape index (κ3) is 5.87. The SMILES string of the molecule is CCC[C@H](SC(=S)OCC)C(=O)O. The molecule has 0 unspecified atom stereocenters. The second-order valence-corrected chi connectivity index (χ2v) is 4.22. The van der Waals surface area contributed by atoms with Crippen molar-refractivity contribution in [1.82, 2.24) is 0 Å². The lowest BCUT2D eigenvalue weighted by atomic mass is 10.2. The molecule has 0 rings (SSSR count). The number of carbonyl (C=O) groups is 1. The molecule has 13 heavy (non-hydrogen) atoms. The van der Waals surface area contributed by atoms with Crippen LogP contribution in [0.3, 0.4) is 0 Å². The van der Waals surface area contributed by atoms with Crippen molar-refractivity contribution in [2.45, 2.75) is 31.9 Å². The summed E-state index contributed by atoms with van der Waals surface area (Å²) in [7, 11) is 0. The summed E-state index contributed by atoms with van der Waals surface area (Å²) >= 11 is 5.95. The predicted octanol–water partition coefficient (Wildman–Crippen LogP) is 2.29. The number of aliphatic carboxylic acids is 1. The quantitative estimate of drug-likeness (QED) is 0.723. The fraction of sp³-hybridized carbons (Fsp3) is 0.750. The standard InChI is InChI=1S/C8H14O3S2/c1-3-5-6(7(9)10)13-8(12)11-4-2/h6H,3-5H2,1-2H3,(H,9,10)/t6-/m0/s1. The monoisotopic (exact) mass is 222 g/mol. The molecular formula is C8H14O3S2. The molecule has 76 valence electrons. The van der Waals surface area contributed by atoms with Crippen LogP contribution < -0.4 is 0 Å². The highest BCUT2D eigenvalue weighted by molar-refractivity contribution is 8.23. The molecule has 1 atom stereocenters. The number of carboxylic acids is 1. The van der Waals surface area contributed by atoms with Crippen LogP contribution in [0.25, 0.3) is 0 Å². The van der Waals surface area contributed by atoms with Crippen LogP contribution in [0.4, 0.5) is 0 Å². The summed E-state index contributed by atoms with van der Waals surface area (Å²) < 4.78 is 5.32. The Morgan fingerprint density at radius 3 is 2.62 bits per heavy atom. The smallest absolute Gasteiger partial charge is 0.317 e. The van der Waals surface area contributed by atoms with Crippen molar-refractivity contribution in [3.8, 4) is 0 Å². The summed E-state index contributed by atoms with van der Waals surface area (Å²) in [6.07, 6.45) is 1.45. The molecule has 0 aliphatic rings. The first kappa shape index (κ1) is 12.7. The van der Waals surface area contributed by atoms with Crippen molar-refractivity contribution in [3.05, 3.63) is 0 Å². The van der Waals surface area contributed by atoms with E-state index in [-0.39, 0.29) is 0 Å². The van der Waals surface area contributed by atoms with Gasteiger partial charge in [-0.1, -0.05) is 25.1 Å². The van der Waals surface area contributed by atoms with Crippen molar-refractivity contribution >= 4 is 34.3 Å². The predicted molar refractivity (Wildman–Crippen MR) is 58.1 cm³/mol. The van der Waals surface area contributed by atoms with Gasteiger partial charge in [0.2, 0.25) is 4.38 Å². The normalized spacial score (nSPS) is 12.2. The van der Waals surface area contributed by atoms with Crippen LogP contribution in [-0.2, 0) is 9.53 Å². The van der Waals surface area contributed by atoms with Gasteiger partial charge in [0.15, 0.2) is 0 Å². The lowest BCUT2D eigenvalue weighted by molar-refractivity contribution is -0.136. The fourth-order valence-corrected chi connectivity index (χ4v) is 2.10. The number of ether oxygens (including phenoxy) is 1.